The third kappa shape index (κ3) is 1.78. The molecule has 1 atom stereocenters. The monoisotopic (exact) mass is 214 g/mol. The number of aryl methyl sites for hydroxylation is 1. The van der Waals surface area contributed by atoms with Gasteiger partial charge in [0.05, 0.1) is 5.92 Å². The van der Waals surface area contributed by atoms with Crippen molar-refractivity contribution in [2.24, 2.45) is 0 Å². The van der Waals surface area contributed by atoms with E-state index in [1.54, 1.807) is 6.92 Å². The standard InChI is InChI=1S/C14H14O2/c1-9-6-7-13-11(8-9)4-3-5-12(13)10(2)14(15)16/h3-8,10H,1-2H3,(H,15,16)/t10-/m0/s1. The van der Waals surface area contributed by atoms with Gasteiger partial charge in [0, 0.05) is 0 Å². The normalized spacial score (nSPS) is 12.6. The third-order valence-electron chi connectivity index (χ3n) is 2.91. The molecule has 0 amide bonds. The van der Waals surface area contributed by atoms with E-state index >= 15 is 0 Å². The van der Waals surface area contributed by atoms with Gasteiger partial charge in [-0.05, 0) is 30.2 Å². The van der Waals surface area contributed by atoms with Crippen molar-refractivity contribution < 1.29 is 9.90 Å². The van der Waals surface area contributed by atoms with Gasteiger partial charge in [0.1, 0.15) is 0 Å². The van der Waals surface area contributed by atoms with Crippen LogP contribution in [0.2, 0.25) is 0 Å². The lowest BCUT2D eigenvalue weighted by Crippen LogP contribution is -2.07. The van der Waals surface area contributed by atoms with Gasteiger partial charge in [-0.15, -0.1) is 0 Å². The lowest BCUT2D eigenvalue weighted by Gasteiger charge is -2.10. The van der Waals surface area contributed by atoms with Crippen LogP contribution in [0.5, 0.6) is 0 Å². The summed E-state index contributed by atoms with van der Waals surface area (Å²) in [5.41, 5.74) is 2.07. The van der Waals surface area contributed by atoms with Crippen LogP contribution >= 0.6 is 0 Å². The summed E-state index contributed by atoms with van der Waals surface area (Å²) in [5, 5.41) is 11.2. The number of aliphatic carboxylic acids is 1. The van der Waals surface area contributed by atoms with Crippen LogP contribution < -0.4 is 0 Å². The smallest absolute Gasteiger partial charge is 0.310 e. The van der Waals surface area contributed by atoms with Crippen LogP contribution in [0.25, 0.3) is 10.8 Å². The van der Waals surface area contributed by atoms with Crippen molar-refractivity contribution in [1.29, 1.82) is 0 Å². The summed E-state index contributed by atoms with van der Waals surface area (Å²) >= 11 is 0. The molecule has 0 radical (unpaired) electrons. The highest BCUT2D eigenvalue weighted by molar-refractivity contribution is 5.90. The predicted molar refractivity (Wildman–Crippen MR) is 64.7 cm³/mol. The van der Waals surface area contributed by atoms with E-state index in [0.717, 1.165) is 16.3 Å². The van der Waals surface area contributed by atoms with Crippen molar-refractivity contribution in [3.63, 3.8) is 0 Å². The second kappa shape index (κ2) is 3.97. The molecule has 0 saturated carbocycles. The van der Waals surface area contributed by atoms with E-state index in [1.165, 1.54) is 5.56 Å². The van der Waals surface area contributed by atoms with Crippen LogP contribution in [0, 0.1) is 6.92 Å². The number of hydrogen-bond donors (Lipinski definition) is 1. The molecule has 2 rings (SSSR count). The number of carboxylic acids is 1. The van der Waals surface area contributed by atoms with Crippen molar-refractivity contribution >= 4 is 16.7 Å². The maximum atomic E-state index is 11.0. The minimum Gasteiger partial charge on any atom is -0.481 e. The molecule has 0 spiro atoms. The molecule has 1 N–H and O–H groups in total. The Kier molecular flexibility index (Phi) is 2.65. The summed E-state index contributed by atoms with van der Waals surface area (Å²) in [6.45, 7) is 3.75. The summed E-state index contributed by atoms with van der Waals surface area (Å²) in [4.78, 5) is 11.0. The first-order valence-corrected chi connectivity index (χ1v) is 5.31. The van der Waals surface area contributed by atoms with E-state index in [-0.39, 0.29) is 0 Å². The average Bonchev–Trinajstić information content (AvgIpc) is 2.26. The van der Waals surface area contributed by atoms with Crippen LogP contribution in [0.4, 0.5) is 0 Å². The van der Waals surface area contributed by atoms with Crippen molar-refractivity contribution in [3.05, 3.63) is 47.5 Å². The Labute approximate surface area is 94.5 Å². The van der Waals surface area contributed by atoms with Crippen molar-refractivity contribution in [3.8, 4) is 0 Å². The van der Waals surface area contributed by atoms with Gasteiger partial charge < -0.3 is 5.11 Å². The Morgan fingerprint density at radius 1 is 1.25 bits per heavy atom. The average molecular weight is 214 g/mol. The Morgan fingerprint density at radius 2 is 2.00 bits per heavy atom. The largest absolute Gasteiger partial charge is 0.481 e. The first kappa shape index (κ1) is 10.7. The Balaban J connectivity index is 2.66. The molecule has 0 aliphatic carbocycles. The molecule has 0 saturated heterocycles. The van der Waals surface area contributed by atoms with Crippen LogP contribution in [0.3, 0.4) is 0 Å². The second-order valence-corrected chi connectivity index (χ2v) is 4.13. The first-order valence-electron chi connectivity index (χ1n) is 5.31. The summed E-state index contributed by atoms with van der Waals surface area (Å²) in [7, 11) is 0. The van der Waals surface area contributed by atoms with Gasteiger partial charge in [-0.25, -0.2) is 0 Å². The topological polar surface area (TPSA) is 37.3 Å². The molecule has 2 aromatic carbocycles. The Bertz CT molecular complexity index is 543. The van der Waals surface area contributed by atoms with Gasteiger partial charge in [0.2, 0.25) is 0 Å². The summed E-state index contributed by atoms with van der Waals surface area (Å²) in [6, 6.07) is 11.9. The zero-order valence-corrected chi connectivity index (χ0v) is 9.40. The molecular formula is C14H14O2. The SMILES string of the molecule is Cc1ccc2c([C@H](C)C(=O)O)cccc2c1. The molecule has 0 aliphatic rings. The quantitative estimate of drug-likeness (QED) is 0.832. The lowest BCUT2D eigenvalue weighted by molar-refractivity contribution is -0.138. The van der Waals surface area contributed by atoms with Crippen molar-refractivity contribution in [1.82, 2.24) is 0 Å². The number of fused-ring (bicyclic) bond motifs is 1. The van der Waals surface area contributed by atoms with Gasteiger partial charge in [-0.3, -0.25) is 4.79 Å². The molecule has 2 aromatic rings. The molecule has 82 valence electrons. The van der Waals surface area contributed by atoms with Gasteiger partial charge in [-0.2, -0.15) is 0 Å². The molecular weight excluding hydrogens is 200 g/mol. The summed E-state index contributed by atoms with van der Waals surface area (Å²) in [5.74, 6) is -1.25. The number of rotatable bonds is 2. The van der Waals surface area contributed by atoms with Gasteiger partial charge >= 0.3 is 5.97 Å². The van der Waals surface area contributed by atoms with Crippen LogP contribution in [-0.4, -0.2) is 11.1 Å². The maximum absolute atomic E-state index is 11.0. The molecule has 0 aromatic heterocycles. The number of benzene rings is 2. The lowest BCUT2D eigenvalue weighted by atomic mass is 9.94. The minimum atomic E-state index is -0.784. The van der Waals surface area contributed by atoms with E-state index in [0.29, 0.717) is 0 Å². The zero-order chi connectivity index (χ0) is 11.7. The molecule has 2 heteroatoms. The third-order valence-corrected chi connectivity index (χ3v) is 2.91. The fraction of sp³-hybridized carbons (Fsp3) is 0.214. The molecule has 0 unspecified atom stereocenters. The Hall–Kier alpha value is -1.83. The van der Waals surface area contributed by atoms with E-state index in [4.69, 9.17) is 5.11 Å². The number of carbonyl (C=O) groups is 1. The highest BCUT2D eigenvalue weighted by Crippen LogP contribution is 2.26. The summed E-state index contributed by atoms with van der Waals surface area (Å²) < 4.78 is 0. The number of hydrogen-bond acceptors (Lipinski definition) is 1. The molecule has 0 bridgehead atoms. The first-order chi connectivity index (χ1) is 7.59. The molecule has 16 heavy (non-hydrogen) atoms. The van der Waals surface area contributed by atoms with E-state index < -0.39 is 11.9 Å². The van der Waals surface area contributed by atoms with E-state index in [9.17, 15) is 4.79 Å². The fourth-order valence-electron chi connectivity index (χ4n) is 1.94. The van der Waals surface area contributed by atoms with Gasteiger partial charge in [0.15, 0.2) is 0 Å². The Morgan fingerprint density at radius 3 is 2.69 bits per heavy atom. The molecule has 0 fully saturated rings. The zero-order valence-electron chi connectivity index (χ0n) is 9.40. The highest BCUT2D eigenvalue weighted by atomic mass is 16.4. The fourth-order valence-corrected chi connectivity index (χ4v) is 1.94. The molecule has 0 heterocycles. The van der Waals surface area contributed by atoms with Crippen molar-refractivity contribution in [2.45, 2.75) is 19.8 Å². The highest BCUT2D eigenvalue weighted by Gasteiger charge is 2.15. The van der Waals surface area contributed by atoms with Crippen LogP contribution in [0.15, 0.2) is 36.4 Å². The van der Waals surface area contributed by atoms with E-state index in [2.05, 4.69) is 6.07 Å². The number of carboxylic acid groups (broad SMARTS) is 1. The van der Waals surface area contributed by atoms with Crippen LogP contribution in [0.1, 0.15) is 24.0 Å². The minimum absolute atomic E-state index is 0.466. The summed E-state index contributed by atoms with van der Waals surface area (Å²) in [6.07, 6.45) is 0. The maximum Gasteiger partial charge on any atom is 0.310 e. The van der Waals surface area contributed by atoms with Crippen molar-refractivity contribution in [2.75, 3.05) is 0 Å². The van der Waals surface area contributed by atoms with E-state index in [1.807, 2.05) is 37.3 Å². The molecule has 0 aliphatic heterocycles. The van der Waals surface area contributed by atoms with Gasteiger partial charge in [0.25, 0.3) is 0 Å². The van der Waals surface area contributed by atoms with Crippen LogP contribution in [-0.2, 0) is 4.79 Å². The van der Waals surface area contributed by atoms with Gasteiger partial charge in [-0.1, -0.05) is 42.0 Å². The molecule has 2 nitrogen and oxygen atoms in total. The second-order valence-electron chi connectivity index (χ2n) is 4.13. The predicted octanol–water partition coefficient (Wildman–Crippen LogP) is 3.34.